The van der Waals surface area contributed by atoms with Gasteiger partial charge in [0.1, 0.15) is 17.5 Å². The van der Waals surface area contributed by atoms with Crippen molar-refractivity contribution in [3.05, 3.63) is 64.7 Å². The van der Waals surface area contributed by atoms with Gasteiger partial charge in [-0.1, -0.05) is 37.5 Å². The lowest BCUT2D eigenvalue weighted by atomic mass is 9.84. The minimum Gasteiger partial charge on any atom is -0.464 e. The van der Waals surface area contributed by atoms with Gasteiger partial charge in [-0.15, -0.1) is 0 Å². The van der Waals surface area contributed by atoms with Gasteiger partial charge in [0.05, 0.1) is 11.5 Å². The maximum absolute atomic E-state index is 14.0. The molecule has 0 aliphatic heterocycles. The molecule has 0 amide bonds. The van der Waals surface area contributed by atoms with Crippen molar-refractivity contribution in [2.75, 3.05) is 6.61 Å². The van der Waals surface area contributed by atoms with Crippen LogP contribution in [0.2, 0.25) is 0 Å². The Hall–Kier alpha value is -2.90. The lowest BCUT2D eigenvalue weighted by molar-refractivity contribution is -0.384. The number of rotatable bonds is 11. The van der Waals surface area contributed by atoms with E-state index in [9.17, 15) is 19.5 Å². The summed E-state index contributed by atoms with van der Waals surface area (Å²) in [6.45, 7) is 0.358. The molecule has 9 nitrogen and oxygen atoms in total. The van der Waals surface area contributed by atoms with Gasteiger partial charge in [0.2, 0.25) is 0 Å². The molecule has 2 atom stereocenters. The smallest absolute Gasteiger partial charge is 0.464 e. The molecule has 0 bridgehead atoms. The Morgan fingerprint density at radius 1 is 0.971 bits per heavy atom. The van der Waals surface area contributed by atoms with E-state index in [-0.39, 0.29) is 17.4 Å². The molecule has 0 heterocycles. The van der Waals surface area contributed by atoms with Crippen molar-refractivity contribution >= 4 is 19.4 Å². The summed E-state index contributed by atoms with van der Waals surface area (Å²) in [6.07, 6.45) is 6.76. The van der Waals surface area contributed by atoms with E-state index in [4.69, 9.17) is 13.8 Å². The summed E-state index contributed by atoms with van der Waals surface area (Å²) in [5, 5.41) is 13.9. The molecule has 0 aromatic heterocycles. The van der Waals surface area contributed by atoms with Crippen LogP contribution < -0.4 is 14.1 Å². The number of nitro benzene ring substituents is 1. The van der Waals surface area contributed by atoms with E-state index >= 15 is 0 Å². The molecule has 2 saturated carbocycles. The monoisotopic (exact) mass is 488 g/mol. The second-order valence-electron chi connectivity index (χ2n) is 8.82. The molecule has 2 aliphatic rings. The van der Waals surface area contributed by atoms with E-state index in [0.717, 1.165) is 44.9 Å². The SMILES string of the molecule is O=C(OCC1CC1)[C@@H](NP(=O)(Oc1ccccc1)Oc1ccc([N+](=O)[O-])cc1)C1CCCCC1. The van der Waals surface area contributed by atoms with Crippen molar-refractivity contribution < 1.29 is 28.1 Å². The second-order valence-corrected chi connectivity index (χ2v) is 10.4. The highest BCUT2D eigenvalue weighted by molar-refractivity contribution is 7.52. The Morgan fingerprint density at radius 2 is 1.59 bits per heavy atom. The Morgan fingerprint density at radius 3 is 2.18 bits per heavy atom. The topological polar surface area (TPSA) is 117 Å². The molecule has 0 spiro atoms. The summed E-state index contributed by atoms with van der Waals surface area (Å²) in [5.41, 5.74) is -0.122. The fourth-order valence-corrected chi connectivity index (χ4v) is 5.62. The van der Waals surface area contributed by atoms with E-state index in [0.29, 0.717) is 18.3 Å². The Balaban J connectivity index is 1.58. The number of non-ortho nitro benzene ring substituents is 1. The zero-order valence-corrected chi connectivity index (χ0v) is 19.7. The van der Waals surface area contributed by atoms with Gasteiger partial charge < -0.3 is 13.8 Å². The van der Waals surface area contributed by atoms with Crippen molar-refractivity contribution in [1.82, 2.24) is 5.09 Å². The number of nitrogens with one attached hydrogen (secondary N) is 1. The lowest BCUT2D eigenvalue weighted by Gasteiger charge is -2.31. The standard InChI is InChI=1S/C24H29N2O7P/c27-24(31-17-18-11-12-18)23(19-7-3-1-4-8-19)25-34(30,32-21-9-5-2-6-10-21)33-22-15-13-20(14-16-22)26(28)29/h2,5-6,9-10,13-16,18-19,23H,1,3-4,7-8,11-12,17H2,(H,25,30)/t23-,34?/m0/s1. The van der Waals surface area contributed by atoms with Gasteiger partial charge in [-0.25, -0.2) is 4.57 Å². The van der Waals surface area contributed by atoms with Crippen molar-refractivity contribution in [3.8, 4) is 11.5 Å². The molecule has 4 rings (SSSR count). The van der Waals surface area contributed by atoms with E-state index in [2.05, 4.69) is 5.09 Å². The molecular formula is C24H29N2O7P. The molecule has 0 radical (unpaired) electrons. The summed E-state index contributed by atoms with van der Waals surface area (Å²) in [7, 11) is -4.13. The number of benzene rings is 2. The first-order chi connectivity index (χ1) is 16.4. The summed E-state index contributed by atoms with van der Waals surface area (Å²) < 4.78 is 31.1. The molecule has 2 aromatic rings. The quantitative estimate of drug-likeness (QED) is 0.187. The molecular weight excluding hydrogens is 459 g/mol. The third-order valence-electron chi connectivity index (χ3n) is 6.07. The van der Waals surface area contributed by atoms with Gasteiger partial charge in [0.15, 0.2) is 0 Å². The van der Waals surface area contributed by atoms with Gasteiger partial charge in [-0.05, 0) is 61.8 Å². The van der Waals surface area contributed by atoms with Crippen LogP contribution in [-0.2, 0) is 14.1 Å². The third kappa shape index (κ3) is 6.81. The molecule has 1 N–H and O–H groups in total. The fraction of sp³-hybridized carbons (Fsp3) is 0.458. The van der Waals surface area contributed by atoms with Crippen molar-refractivity contribution in [1.29, 1.82) is 0 Å². The van der Waals surface area contributed by atoms with Gasteiger partial charge in [0, 0.05) is 12.1 Å². The van der Waals surface area contributed by atoms with Crippen LogP contribution >= 0.6 is 7.75 Å². The first kappa shape index (κ1) is 24.2. The minimum absolute atomic E-state index is 0.0615. The van der Waals surface area contributed by atoms with Gasteiger partial charge >= 0.3 is 13.7 Å². The van der Waals surface area contributed by atoms with Crippen molar-refractivity contribution in [3.63, 3.8) is 0 Å². The number of carbonyl (C=O) groups is 1. The highest BCUT2D eigenvalue weighted by Gasteiger charge is 2.41. The number of para-hydroxylation sites is 1. The molecule has 2 aliphatic carbocycles. The Bertz CT molecular complexity index is 1020. The number of carbonyl (C=O) groups excluding carboxylic acids is 1. The zero-order chi connectivity index (χ0) is 24.0. The zero-order valence-electron chi connectivity index (χ0n) is 18.8. The number of hydrogen-bond donors (Lipinski definition) is 1. The van der Waals surface area contributed by atoms with Crippen LogP contribution in [0.25, 0.3) is 0 Å². The second kappa shape index (κ2) is 11.0. The normalized spacial score (nSPS) is 18.9. The minimum atomic E-state index is -4.13. The summed E-state index contributed by atoms with van der Waals surface area (Å²) in [4.78, 5) is 23.5. The summed E-state index contributed by atoms with van der Waals surface area (Å²) >= 11 is 0. The lowest BCUT2D eigenvalue weighted by Crippen LogP contribution is -2.44. The number of nitro groups is 1. The Kier molecular flexibility index (Phi) is 7.85. The maximum atomic E-state index is 14.0. The van der Waals surface area contributed by atoms with E-state index < -0.39 is 24.7 Å². The molecule has 2 fully saturated rings. The van der Waals surface area contributed by atoms with Crippen LogP contribution in [0.1, 0.15) is 44.9 Å². The molecule has 34 heavy (non-hydrogen) atoms. The number of ether oxygens (including phenoxy) is 1. The number of esters is 1. The molecule has 10 heteroatoms. The van der Waals surface area contributed by atoms with E-state index in [1.54, 1.807) is 30.3 Å². The van der Waals surface area contributed by atoms with Gasteiger partial charge in [-0.2, -0.15) is 5.09 Å². The van der Waals surface area contributed by atoms with Crippen LogP contribution in [0, 0.1) is 22.0 Å². The van der Waals surface area contributed by atoms with Gasteiger partial charge in [0.25, 0.3) is 5.69 Å². The predicted molar refractivity (Wildman–Crippen MR) is 126 cm³/mol. The molecule has 1 unspecified atom stereocenters. The highest BCUT2D eigenvalue weighted by Crippen LogP contribution is 2.47. The molecule has 182 valence electrons. The van der Waals surface area contributed by atoms with Gasteiger partial charge in [-0.3, -0.25) is 14.9 Å². The summed E-state index contributed by atoms with van der Waals surface area (Å²) in [5.74, 6) is 0.302. The van der Waals surface area contributed by atoms with Crippen LogP contribution in [0.5, 0.6) is 11.5 Å². The number of hydrogen-bond acceptors (Lipinski definition) is 7. The fourth-order valence-electron chi connectivity index (χ4n) is 4.02. The average Bonchev–Trinajstić information content (AvgIpc) is 3.67. The van der Waals surface area contributed by atoms with Crippen molar-refractivity contribution in [2.24, 2.45) is 11.8 Å². The average molecular weight is 488 g/mol. The van der Waals surface area contributed by atoms with E-state index in [1.807, 2.05) is 0 Å². The highest BCUT2D eigenvalue weighted by atomic mass is 31.2. The van der Waals surface area contributed by atoms with E-state index in [1.165, 1.54) is 24.3 Å². The van der Waals surface area contributed by atoms with Crippen LogP contribution in [-0.4, -0.2) is 23.5 Å². The van der Waals surface area contributed by atoms with Crippen LogP contribution in [0.15, 0.2) is 54.6 Å². The third-order valence-corrected chi connectivity index (χ3v) is 7.57. The van der Waals surface area contributed by atoms with Crippen molar-refractivity contribution in [2.45, 2.75) is 51.0 Å². The summed E-state index contributed by atoms with van der Waals surface area (Å²) in [6, 6.07) is 12.9. The molecule has 0 saturated heterocycles. The molecule has 2 aromatic carbocycles. The number of nitrogens with zero attached hydrogens (tertiary/aromatic N) is 1. The first-order valence-electron chi connectivity index (χ1n) is 11.6. The van der Waals surface area contributed by atoms with Crippen LogP contribution in [0.3, 0.4) is 0 Å². The Labute approximate surface area is 198 Å². The maximum Gasteiger partial charge on any atom is 0.513 e. The predicted octanol–water partition coefficient (Wildman–Crippen LogP) is 5.65. The first-order valence-corrected chi connectivity index (χ1v) is 13.2. The largest absolute Gasteiger partial charge is 0.513 e. The van der Waals surface area contributed by atoms with Crippen LogP contribution in [0.4, 0.5) is 5.69 Å².